The second-order valence-corrected chi connectivity index (χ2v) is 3.73. The Balaban J connectivity index is 3.24. The number of Topliss-reactive ketones (excluding diaryl/α,β-unsaturated/α-hetero) is 1. The summed E-state index contributed by atoms with van der Waals surface area (Å²) >= 11 is 5.69. The zero-order valence-corrected chi connectivity index (χ0v) is 9.06. The minimum atomic E-state index is -4.48. The lowest BCUT2D eigenvalue weighted by Gasteiger charge is -2.13. The topological polar surface area (TPSA) is 43.1 Å². The average Bonchev–Trinajstić information content (AvgIpc) is 2.15. The van der Waals surface area contributed by atoms with Crippen molar-refractivity contribution in [2.75, 3.05) is 0 Å². The van der Waals surface area contributed by atoms with Crippen LogP contribution in [0.15, 0.2) is 18.2 Å². The molecule has 88 valence electrons. The molecule has 1 aromatic rings. The molecule has 0 aliphatic heterocycles. The highest BCUT2D eigenvalue weighted by Crippen LogP contribution is 2.33. The third kappa shape index (κ3) is 2.74. The molecule has 1 atom stereocenters. The fourth-order valence-electron chi connectivity index (χ4n) is 1.18. The summed E-state index contributed by atoms with van der Waals surface area (Å²) in [5, 5.41) is 0.0516. The fraction of sp³-hybridized carbons (Fsp3) is 0.300. The molecule has 0 spiro atoms. The number of benzene rings is 1. The quantitative estimate of drug-likeness (QED) is 0.878. The van der Waals surface area contributed by atoms with Crippen molar-refractivity contribution in [3.8, 4) is 0 Å². The summed E-state index contributed by atoms with van der Waals surface area (Å²) in [7, 11) is 0. The van der Waals surface area contributed by atoms with Gasteiger partial charge in [0.15, 0.2) is 5.78 Å². The second kappa shape index (κ2) is 4.43. The van der Waals surface area contributed by atoms with Crippen molar-refractivity contribution in [1.82, 2.24) is 0 Å². The largest absolute Gasteiger partial charge is 0.416 e. The first-order chi connectivity index (χ1) is 7.23. The Bertz CT molecular complexity index is 417. The van der Waals surface area contributed by atoms with E-state index in [1.807, 2.05) is 0 Å². The number of nitrogens with two attached hydrogens (primary N) is 1. The minimum Gasteiger partial charge on any atom is -0.318 e. The maximum absolute atomic E-state index is 12.4. The van der Waals surface area contributed by atoms with Gasteiger partial charge in [-0.15, -0.1) is 0 Å². The predicted molar refractivity (Wildman–Crippen MR) is 54.1 cm³/mol. The molecule has 0 radical (unpaired) electrons. The van der Waals surface area contributed by atoms with Crippen LogP contribution in [0.4, 0.5) is 13.2 Å². The van der Waals surface area contributed by atoms with Gasteiger partial charge < -0.3 is 5.73 Å². The van der Waals surface area contributed by atoms with E-state index in [9.17, 15) is 18.0 Å². The Morgan fingerprint density at radius 3 is 2.44 bits per heavy atom. The molecular formula is C10H9ClF3NO. The van der Waals surface area contributed by atoms with Gasteiger partial charge in [0.05, 0.1) is 11.6 Å². The molecule has 0 saturated carbocycles. The van der Waals surface area contributed by atoms with E-state index in [1.165, 1.54) is 6.92 Å². The molecule has 6 heteroatoms. The van der Waals surface area contributed by atoms with E-state index in [-0.39, 0.29) is 10.6 Å². The van der Waals surface area contributed by atoms with Gasteiger partial charge in [-0.2, -0.15) is 13.2 Å². The number of alkyl halides is 3. The van der Waals surface area contributed by atoms with E-state index in [0.717, 1.165) is 18.2 Å². The molecule has 0 amide bonds. The summed E-state index contributed by atoms with van der Waals surface area (Å²) in [5.41, 5.74) is 4.57. The lowest BCUT2D eigenvalue weighted by atomic mass is 10.0. The van der Waals surface area contributed by atoms with E-state index in [0.29, 0.717) is 0 Å². The third-order valence-corrected chi connectivity index (χ3v) is 2.44. The Hall–Kier alpha value is -1.07. The molecule has 1 rings (SSSR count). The summed E-state index contributed by atoms with van der Waals surface area (Å²) in [6, 6.07) is 1.60. The van der Waals surface area contributed by atoms with Crippen molar-refractivity contribution in [3.63, 3.8) is 0 Å². The molecule has 0 heterocycles. The number of carbonyl (C=O) groups excluding carboxylic acids is 1. The number of ketones is 1. The molecule has 0 aromatic heterocycles. The van der Waals surface area contributed by atoms with E-state index in [2.05, 4.69) is 0 Å². The van der Waals surface area contributed by atoms with Gasteiger partial charge in [0.25, 0.3) is 0 Å². The van der Waals surface area contributed by atoms with Crippen molar-refractivity contribution in [2.24, 2.45) is 5.73 Å². The number of halogens is 4. The SMILES string of the molecule is CC(=O)C(N)c1cc(C(F)(F)F)ccc1Cl. The van der Waals surface area contributed by atoms with Crippen LogP contribution in [-0.4, -0.2) is 5.78 Å². The van der Waals surface area contributed by atoms with Crippen molar-refractivity contribution >= 4 is 17.4 Å². The molecule has 1 unspecified atom stereocenters. The van der Waals surface area contributed by atoms with Gasteiger partial charge >= 0.3 is 6.18 Å². The lowest BCUT2D eigenvalue weighted by Crippen LogP contribution is -2.20. The van der Waals surface area contributed by atoms with Crippen molar-refractivity contribution in [1.29, 1.82) is 0 Å². The molecule has 0 aliphatic carbocycles. The average molecular weight is 252 g/mol. The van der Waals surface area contributed by atoms with E-state index in [1.54, 1.807) is 0 Å². The molecule has 2 N–H and O–H groups in total. The smallest absolute Gasteiger partial charge is 0.318 e. The Labute approximate surface area is 95.2 Å². The Kier molecular flexibility index (Phi) is 3.60. The fourth-order valence-corrected chi connectivity index (χ4v) is 1.41. The van der Waals surface area contributed by atoms with Gasteiger partial charge in [0.2, 0.25) is 0 Å². The Morgan fingerprint density at radius 2 is 2.00 bits per heavy atom. The monoisotopic (exact) mass is 251 g/mol. The number of carbonyl (C=O) groups is 1. The van der Waals surface area contributed by atoms with Crippen LogP contribution in [0, 0.1) is 0 Å². The zero-order valence-electron chi connectivity index (χ0n) is 8.31. The zero-order chi connectivity index (χ0) is 12.5. The van der Waals surface area contributed by atoms with Crippen LogP contribution in [0.3, 0.4) is 0 Å². The van der Waals surface area contributed by atoms with Gasteiger partial charge in [-0.3, -0.25) is 4.79 Å². The maximum atomic E-state index is 12.4. The maximum Gasteiger partial charge on any atom is 0.416 e. The highest BCUT2D eigenvalue weighted by atomic mass is 35.5. The normalized spacial score (nSPS) is 13.6. The van der Waals surface area contributed by atoms with Crippen LogP contribution in [0.2, 0.25) is 5.02 Å². The summed E-state index contributed by atoms with van der Waals surface area (Å²) in [4.78, 5) is 11.0. The highest BCUT2D eigenvalue weighted by molar-refractivity contribution is 6.31. The van der Waals surface area contributed by atoms with Crippen LogP contribution in [0.25, 0.3) is 0 Å². The molecule has 2 nitrogen and oxygen atoms in total. The molecular weight excluding hydrogens is 243 g/mol. The standard InChI is InChI=1S/C10H9ClF3NO/c1-5(16)9(15)7-4-6(10(12,13)14)2-3-8(7)11/h2-4,9H,15H2,1H3. The summed E-state index contributed by atoms with van der Waals surface area (Å²) in [5.74, 6) is -0.443. The second-order valence-electron chi connectivity index (χ2n) is 3.32. The van der Waals surface area contributed by atoms with E-state index < -0.39 is 23.6 Å². The third-order valence-electron chi connectivity index (χ3n) is 2.10. The lowest BCUT2D eigenvalue weighted by molar-refractivity contribution is -0.137. The molecule has 0 aliphatic rings. The van der Waals surface area contributed by atoms with Crippen LogP contribution in [0.5, 0.6) is 0 Å². The van der Waals surface area contributed by atoms with Crippen LogP contribution < -0.4 is 5.73 Å². The van der Waals surface area contributed by atoms with Gasteiger partial charge in [-0.1, -0.05) is 11.6 Å². The van der Waals surface area contributed by atoms with Crippen LogP contribution >= 0.6 is 11.6 Å². The van der Waals surface area contributed by atoms with Crippen molar-refractivity contribution in [3.05, 3.63) is 34.3 Å². The molecule has 0 saturated heterocycles. The molecule has 16 heavy (non-hydrogen) atoms. The van der Waals surface area contributed by atoms with Crippen LogP contribution in [0.1, 0.15) is 24.1 Å². The van der Waals surface area contributed by atoms with Gasteiger partial charge in [0.1, 0.15) is 0 Å². The van der Waals surface area contributed by atoms with Gasteiger partial charge in [-0.25, -0.2) is 0 Å². The van der Waals surface area contributed by atoms with Crippen molar-refractivity contribution in [2.45, 2.75) is 19.1 Å². The number of rotatable bonds is 2. The van der Waals surface area contributed by atoms with E-state index in [4.69, 9.17) is 17.3 Å². The minimum absolute atomic E-state index is 0.0102. The molecule has 0 fully saturated rings. The van der Waals surface area contributed by atoms with Crippen LogP contribution in [-0.2, 0) is 11.0 Å². The van der Waals surface area contributed by atoms with Crippen molar-refractivity contribution < 1.29 is 18.0 Å². The molecule has 1 aromatic carbocycles. The van der Waals surface area contributed by atoms with E-state index >= 15 is 0 Å². The number of hydrogen-bond acceptors (Lipinski definition) is 2. The van der Waals surface area contributed by atoms with Gasteiger partial charge in [-0.05, 0) is 30.7 Å². The first-order valence-corrected chi connectivity index (χ1v) is 4.74. The molecule has 0 bridgehead atoms. The summed E-state index contributed by atoms with van der Waals surface area (Å²) in [6.07, 6.45) is -4.48. The Morgan fingerprint density at radius 1 is 1.44 bits per heavy atom. The first kappa shape index (κ1) is 13.0. The number of hydrogen-bond donors (Lipinski definition) is 1. The first-order valence-electron chi connectivity index (χ1n) is 4.36. The highest BCUT2D eigenvalue weighted by Gasteiger charge is 2.31. The summed E-state index contributed by atoms with van der Waals surface area (Å²) in [6.45, 7) is 1.20. The van der Waals surface area contributed by atoms with Gasteiger partial charge in [0, 0.05) is 5.02 Å². The summed E-state index contributed by atoms with van der Waals surface area (Å²) < 4.78 is 37.2. The predicted octanol–water partition coefficient (Wildman–Crippen LogP) is 2.95.